The van der Waals surface area contributed by atoms with Crippen LogP contribution in [0.3, 0.4) is 0 Å². The molecule has 1 aromatic carbocycles. The normalized spacial score (nSPS) is 20.1. The first-order valence-electron chi connectivity index (χ1n) is 9.67. The number of hydrogen-bond acceptors (Lipinski definition) is 3. The second kappa shape index (κ2) is 8.54. The van der Waals surface area contributed by atoms with Crippen LogP contribution < -0.4 is 16.0 Å². The molecule has 0 radical (unpaired) electrons. The standard InChI is InChI=1S/C20H31N5O/c1-14(2)25(16-8-9-16)11-10-22-20(21-3)23-13-15-12-19(26)24-18-7-5-4-6-17(15)18/h4-7,14-16H,8-13H2,1-3H3,(H,24,26)(H2,21,22,23). The molecule has 0 aromatic heterocycles. The number of benzene rings is 1. The average molecular weight is 358 g/mol. The van der Waals surface area contributed by atoms with Gasteiger partial charge in [0, 0.05) is 56.8 Å². The maximum absolute atomic E-state index is 11.9. The van der Waals surface area contributed by atoms with E-state index in [0.29, 0.717) is 19.0 Å². The van der Waals surface area contributed by atoms with Gasteiger partial charge in [-0.3, -0.25) is 14.7 Å². The highest BCUT2D eigenvalue weighted by Gasteiger charge is 2.30. The number of guanidine groups is 1. The van der Waals surface area contributed by atoms with Crippen LogP contribution in [-0.2, 0) is 4.79 Å². The van der Waals surface area contributed by atoms with E-state index in [1.807, 2.05) is 18.2 Å². The summed E-state index contributed by atoms with van der Waals surface area (Å²) in [6.45, 7) is 7.11. The minimum Gasteiger partial charge on any atom is -0.356 e. The molecule has 1 saturated carbocycles. The maximum Gasteiger partial charge on any atom is 0.225 e. The molecular formula is C20H31N5O. The van der Waals surface area contributed by atoms with E-state index < -0.39 is 0 Å². The van der Waals surface area contributed by atoms with Gasteiger partial charge in [0.25, 0.3) is 0 Å². The number of anilines is 1. The van der Waals surface area contributed by atoms with Crippen molar-refractivity contribution in [3.63, 3.8) is 0 Å². The van der Waals surface area contributed by atoms with Crippen molar-refractivity contribution in [2.75, 3.05) is 32.0 Å². The Balaban J connectivity index is 1.49. The zero-order valence-electron chi connectivity index (χ0n) is 16.1. The van der Waals surface area contributed by atoms with E-state index in [9.17, 15) is 4.79 Å². The molecule has 3 rings (SSSR count). The molecule has 26 heavy (non-hydrogen) atoms. The number of aliphatic imine (C=N–C) groups is 1. The van der Waals surface area contributed by atoms with Gasteiger partial charge in [0.2, 0.25) is 5.91 Å². The third-order valence-electron chi connectivity index (χ3n) is 5.19. The number of hydrogen-bond donors (Lipinski definition) is 3. The van der Waals surface area contributed by atoms with Crippen LogP contribution in [0.5, 0.6) is 0 Å². The molecule has 1 atom stereocenters. The molecule has 6 nitrogen and oxygen atoms in total. The summed E-state index contributed by atoms with van der Waals surface area (Å²) < 4.78 is 0. The molecule has 0 saturated heterocycles. The van der Waals surface area contributed by atoms with Gasteiger partial charge in [-0.15, -0.1) is 0 Å². The zero-order chi connectivity index (χ0) is 18.5. The number of fused-ring (bicyclic) bond motifs is 1. The Labute approximate surface area is 156 Å². The molecule has 1 aliphatic carbocycles. The van der Waals surface area contributed by atoms with Gasteiger partial charge < -0.3 is 16.0 Å². The highest BCUT2D eigenvalue weighted by atomic mass is 16.1. The van der Waals surface area contributed by atoms with E-state index in [0.717, 1.165) is 30.8 Å². The second-order valence-corrected chi connectivity index (χ2v) is 7.48. The van der Waals surface area contributed by atoms with Gasteiger partial charge >= 0.3 is 0 Å². The van der Waals surface area contributed by atoms with Crippen LogP contribution in [0.25, 0.3) is 0 Å². The molecule has 6 heteroatoms. The smallest absolute Gasteiger partial charge is 0.225 e. The van der Waals surface area contributed by atoms with Crippen molar-refractivity contribution in [1.29, 1.82) is 0 Å². The van der Waals surface area contributed by atoms with Gasteiger partial charge in [-0.1, -0.05) is 18.2 Å². The number of rotatable bonds is 7. The van der Waals surface area contributed by atoms with Gasteiger partial charge in [0.15, 0.2) is 5.96 Å². The number of nitrogens with one attached hydrogen (secondary N) is 3. The van der Waals surface area contributed by atoms with Gasteiger partial charge in [-0.05, 0) is 38.3 Å². The predicted molar refractivity (Wildman–Crippen MR) is 107 cm³/mol. The Kier molecular flexibility index (Phi) is 6.14. The monoisotopic (exact) mass is 357 g/mol. The van der Waals surface area contributed by atoms with E-state index in [2.05, 4.69) is 45.8 Å². The Morgan fingerprint density at radius 1 is 1.31 bits per heavy atom. The Morgan fingerprint density at radius 3 is 2.77 bits per heavy atom. The van der Waals surface area contributed by atoms with Gasteiger partial charge in [-0.25, -0.2) is 0 Å². The average Bonchev–Trinajstić information content (AvgIpc) is 3.45. The molecule has 2 aliphatic rings. The number of nitrogens with zero attached hydrogens (tertiary/aromatic N) is 2. The highest BCUT2D eigenvalue weighted by Crippen LogP contribution is 2.31. The molecule has 142 valence electrons. The molecule has 3 N–H and O–H groups in total. The summed E-state index contributed by atoms with van der Waals surface area (Å²) in [6.07, 6.45) is 3.16. The van der Waals surface area contributed by atoms with Crippen molar-refractivity contribution in [2.24, 2.45) is 4.99 Å². The molecule has 1 heterocycles. The fraction of sp³-hybridized carbons (Fsp3) is 0.600. The van der Waals surface area contributed by atoms with Crippen molar-refractivity contribution < 1.29 is 4.79 Å². The minimum atomic E-state index is 0.0791. The summed E-state index contributed by atoms with van der Waals surface area (Å²) in [5.41, 5.74) is 2.12. The molecule has 1 aromatic rings. The van der Waals surface area contributed by atoms with Crippen molar-refractivity contribution in [3.8, 4) is 0 Å². The van der Waals surface area contributed by atoms with Crippen LogP contribution >= 0.6 is 0 Å². The predicted octanol–water partition coefficient (Wildman–Crippen LogP) is 2.15. The van der Waals surface area contributed by atoms with Gasteiger partial charge in [0.05, 0.1) is 0 Å². The number of carbonyl (C=O) groups excluding carboxylic acids is 1. The molecule has 0 spiro atoms. The largest absolute Gasteiger partial charge is 0.356 e. The van der Waals surface area contributed by atoms with E-state index in [4.69, 9.17) is 0 Å². The quantitative estimate of drug-likeness (QED) is 0.517. The molecule has 1 amide bonds. The molecule has 0 bridgehead atoms. The Hall–Kier alpha value is -2.08. The lowest BCUT2D eigenvalue weighted by Crippen LogP contribution is -2.45. The first-order valence-corrected chi connectivity index (χ1v) is 9.67. The van der Waals surface area contributed by atoms with E-state index in [-0.39, 0.29) is 11.8 Å². The van der Waals surface area contributed by atoms with Crippen LogP contribution in [0.1, 0.15) is 44.6 Å². The lowest BCUT2D eigenvalue weighted by molar-refractivity contribution is -0.116. The fourth-order valence-corrected chi connectivity index (χ4v) is 3.70. The summed E-state index contributed by atoms with van der Waals surface area (Å²) >= 11 is 0. The third kappa shape index (κ3) is 4.75. The topological polar surface area (TPSA) is 68.8 Å². The molecule has 1 unspecified atom stereocenters. The van der Waals surface area contributed by atoms with Crippen molar-refractivity contribution >= 4 is 17.6 Å². The van der Waals surface area contributed by atoms with Gasteiger partial charge in [-0.2, -0.15) is 0 Å². The lowest BCUT2D eigenvalue weighted by Gasteiger charge is -2.28. The first kappa shape index (κ1) is 18.7. The summed E-state index contributed by atoms with van der Waals surface area (Å²) in [5.74, 6) is 1.04. The van der Waals surface area contributed by atoms with Crippen LogP contribution in [0.15, 0.2) is 29.3 Å². The number of para-hydroxylation sites is 1. The first-order chi connectivity index (χ1) is 12.6. The Morgan fingerprint density at radius 2 is 2.08 bits per heavy atom. The van der Waals surface area contributed by atoms with Crippen LogP contribution in [0, 0.1) is 0 Å². The van der Waals surface area contributed by atoms with E-state index >= 15 is 0 Å². The second-order valence-electron chi connectivity index (χ2n) is 7.48. The summed E-state index contributed by atoms with van der Waals surface area (Å²) in [5, 5.41) is 9.74. The summed E-state index contributed by atoms with van der Waals surface area (Å²) in [4.78, 5) is 18.8. The fourth-order valence-electron chi connectivity index (χ4n) is 3.70. The molecule has 1 aliphatic heterocycles. The molecule has 1 fully saturated rings. The van der Waals surface area contributed by atoms with Crippen LogP contribution in [-0.4, -0.2) is 55.5 Å². The molecular weight excluding hydrogens is 326 g/mol. The van der Waals surface area contributed by atoms with E-state index in [1.165, 1.54) is 18.4 Å². The highest BCUT2D eigenvalue weighted by molar-refractivity contribution is 5.94. The summed E-state index contributed by atoms with van der Waals surface area (Å²) in [7, 11) is 1.79. The zero-order valence-corrected chi connectivity index (χ0v) is 16.1. The Bertz CT molecular complexity index is 651. The van der Waals surface area contributed by atoms with Gasteiger partial charge in [0.1, 0.15) is 0 Å². The lowest BCUT2D eigenvalue weighted by atomic mass is 9.90. The SMILES string of the molecule is CN=C(NCCN(C(C)C)C1CC1)NCC1CC(=O)Nc2ccccc21. The van der Waals surface area contributed by atoms with Crippen LogP contribution in [0.2, 0.25) is 0 Å². The minimum absolute atomic E-state index is 0.0791. The maximum atomic E-state index is 11.9. The van der Waals surface area contributed by atoms with Crippen LogP contribution in [0.4, 0.5) is 5.69 Å². The van der Waals surface area contributed by atoms with Crippen molar-refractivity contribution in [2.45, 2.75) is 51.1 Å². The summed E-state index contributed by atoms with van der Waals surface area (Å²) in [6, 6.07) is 9.38. The number of carbonyl (C=O) groups is 1. The number of amides is 1. The van der Waals surface area contributed by atoms with Crippen molar-refractivity contribution in [3.05, 3.63) is 29.8 Å². The van der Waals surface area contributed by atoms with E-state index in [1.54, 1.807) is 7.05 Å². The van der Waals surface area contributed by atoms with Crippen molar-refractivity contribution in [1.82, 2.24) is 15.5 Å². The third-order valence-corrected chi connectivity index (χ3v) is 5.19.